The first-order chi connectivity index (χ1) is 15.4. The molecule has 2 aromatic carbocycles. The van der Waals surface area contributed by atoms with Gasteiger partial charge in [0.2, 0.25) is 15.9 Å². The molecule has 1 saturated heterocycles. The van der Waals surface area contributed by atoms with Gasteiger partial charge in [0, 0.05) is 40.3 Å². The second-order valence-electron chi connectivity index (χ2n) is 7.85. The van der Waals surface area contributed by atoms with Gasteiger partial charge in [-0.3, -0.25) is 4.79 Å². The summed E-state index contributed by atoms with van der Waals surface area (Å²) in [5.74, 6) is -1.32. The number of aryl methyl sites for hydroxylation is 1. The molecule has 3 rings (SSSR count). The highest BCUT2D eigenvalue weighted by atomic mass is 32.2. The summed E-state index contributed by atoms with van der Waals surface area (Å²) in [5, 5.41) is 0. The number of amides is 1. The quantitative estimate of drug-likeness (QED) is 0.573. The first-order valence-corrected chi connectivity index (χ1v) is 13.1. The van der Waals surface area contributed by atoms with E-state index in [2.05, 4.69) is 0 Å². The van der Waals surface area contributed by atoms with Crippen molar-refractivity contribution < 1.29 is 26.0 Å². The van der Waals surface area contributed by atoms with Crippen LogP contribution in [0.15, 0.2) is 53.4 Å². The highest BCUT2D eigenvalue weighted by molar-refractivity contribution is 7.90. The van der Waals surface area contributed by atoms with Crippen molar-refractivity contribution in [3.63, 3.8) is 0 Å². The van der Waals surface area contributed by atoms with Crippen LogP contribution in [-0.4, -0.2) is 83.1 Å². The van der Waals surface area contributed by atoms with Gasteiger partial charge in [-0.15, -0.1) is 0 Å². The maximum atomic E-state index is 14.4. The molecule has 0 aromatic heterocycles. The van der Waals surface area contributed by atoms with Crippen molar-refractivity contribution in [3.8, 4) is 0 Å². The number of hydrogen-bond acceptors (Lipinski definition) is 5. The number of para-hydroxylation sites is 1. The third-order valence-electron chi connectivity index (χ3n) is 5.39. The summed E-state index contributed by atoms with van der Waals surface area (Å²) in [6, 6.07) is 11.8. The minimum atomic E-state index is -4.15. The highest BCUT2D eigenvalue weighted by Crippen LogP contribution is 2.24. The zero-order chi connectivity index (χ0) is 24.4. The average molecular weight is 499 g/mol. The Balaban J connectivity index is 1.74. The molecule has 0 aliphatic carbocycles. The zero-order valence-corrected chi connectivity index (χ0v) is 20.3. The number of halogens is 1. The van der Waals surface area contributed by atoms with Gasteiger partial charge in [0.25, 0.3) is 0 Å². The largest absolute Gasteiger partial charge is 0.338 e. The van der Waals surface area contributed by atoms with Gasteiger partial charge in [-0.05, 0) is 31.2 Å². The Kier molecular flexibility index (Phi) is 7.42. The van der Waals surface area contributed by atoms with E-state index in [1.54, 1.807) is 24.3 Å². The molecule has 1 amide bonds. The molecule has 0 bridgehead atoms. The normalized spacial score (nSPS) is 15.6. The van der Waals surface area contributed by atoms with Crippen molar-refractivity contribution in [2.45, 2.75) is 11.8 Å². The summed E-state index contributed by atoms with van der Waals surface area (Å²) in [4.78, 5) is 14.5. The second kappa shape index (κ2) is 9.75. The Morgan fingerprint density at radius 3 is 2.06 bits per heavy atom. The molecule has 9 nitrogen and oxygen atoms in total. The minimum absolute atomic E-state index is 0.0715. The summed E-state index contributed by atoms with van der Waals surface area (Å²) < 4.78 is 68.6. The summed E-state index contributed by atoms with van der Waals surface area (Å²) >= 11 is 0. The molecule has 0 radical (unpaired) electrons. The highest BCUT2D eigenvalue weighted by Gasteiger charge is 2.34. The van der Waals surface area contributed by atoms with Crippen LogP contribution >= 0.6 is 0 Å². The van der Waals surface area contributed by atoms with E-state index in [1.165, 1.54) is 41.5 Å². The lowest BCUT2D eigenvalue weighted by Gasteiger charge is -2.35. The predicted octanol–water partition coefficient (Wildman–Crippen LogP) is 1.28. The van der Waals surface area contributed by atoms with E-state index in [0.717, 1.165) is 20.2 Å². The maximum Gasteiger partial charge on any atom is 0.304 e. The molecule has 0 spiro atoms. The van der Waals surface area contributed by atoms with E-state index in [-0.39, 0.29) is 36.8 Å². The van der Waals surface area contributed by atoms with Crippen LogP contribution in [0.5, 0.6) is 0 Å². The van der Waals surface area contributed by atoms with Gasteiger partial charge in [-0.2, -0.15) is 17.0 Å². The van der Waals surface area contributed by atoms with Crippen molar-refractivity contribution in [1.29, 1.82) is 0 Å². The lowest BCUT2D eigenvalue weighted by molar-refractivity contribution is -0.130. The van der Waals surface area contributed by atoms with E-state index >= 15 is 0 Å². The zero-order valence-electron chi connectivity index (χ0n) is 18.7. The number of hydrogen-bond donors (Lipinski definition) is 0. The summed E-state index contributed by atoms with van der Waals surface area (Å²) in [6.07, 6.45) is 0. The number of carbonyl (C=O) groups excluding carboxylic acids is 1. The fraction of sp³-hybridized carbons (Fsp3) is 0.381. The first kappa shape index (κ1) is 25.1. The van der Waals surface area contributed by atoms with Crippen molar-refractivity contribution >= 4 is 31.8 Å². The van der Waals surface area contributed by atoms with E-state index in [4.69, 9.17) is 0 Å². The van der Waals surface area contributed by atoms with Gasteiger partial charge in [-0.1, -0.05) is 29.8 Å². The van der Waals surface area contributed by atoms with Crippen LogP contribution < -0.4 is 4.31 Å². The van der Waals surface area contributed by atoms with Crippen LogP contribution in [0.4, 0.5) is 10.1 Å². The number of sulfonamides is 1. The molecule has 1 heterocycles. The summed E-state index contributed by atoms with van der Waals surface area (Å²) in [7, 11) is -5.26. The van der Waals surface area contributed by atoms with E-state index in [9.17, 15) is 26.0 Å². The van der Waals surface area contributed by atoms with Crippen LogP contribution in [-0.2, 0) is 25.0 Å². The van der Waals surface area contributed by atoms with Crippen LogP contribution in [0.2, 0.25) is 0 Å². The van der Waals surface area contributed by atoms with Crippen LogP contribution in [0, 0.1) is 12.7 Å². The molecule has 33 heavy (non-hydrogen) atoms. The molecule has 2 aromatic rings. The molecule has 1 aliphatic rings. The molecular weight excluding hydrogens is 471 g/mol. The molecule has 0 saturated carbocycles. The van der Waals surface area contributed by atoms with Crippen molar-refractivity contribution in [2.24, 2.45) is 0 Å². The Morgan fingerprint density at radius 2 is 1.52 bits per heavy atom. The Bertz CT molecular complexity index is 1210. The lowest BCUT2D eigenvalue weighted by Crippen LogP contribution is -2.54. The lowest BCUT2D eigenvalue weighted by atomic mass is 10.2. The SMILES string of the molecule is Cc1ccc(S(=O)(=O)N2CCN(C(=O)CN(c3ccccc3F)S(=O)(=O)N(C)C)CC2)cc1. The molecule has 0 N–H and O–H groups in total. The number of nitrogens with zero attached hydrogens (tertiary/aromatic N) is 4. The number of piperazine rings is 1. The van der Waals surface area contributed by atoms with Gasteiger partial charge in [0.1, 0.15) is 12.4 Å². The fourth-order valence-corrected chi connectivity index (χ4v) is 5.89. The number of benzene rings is 2. The van der Waals surface area contributed by atoms with Gasteiger partial charge in [-0.25, -0.2) is 17.1 Å². The number of carbonyl (C=O) groups is 1. The number of rotatable bonds is 7. The van der Waals surface area contributed by atoms with Crippen molar-refractivity contribution in [2.75, 3.05) is 51.1 Å². The van der Waals surface area contributed by atoms with Gasteiger partial charge in [0.15, 0.2) is 0 Å². The predicted molar refractivity (Wildman–Crippen MR) is 123 cm³/mol. The minimum Gasteiger partial charge on any atom is -0.338 e. The topological polar surface area (TPSA) is 98.3 Å². The Hall–Kier alpha value is -2.54. The first-order valence-electron chi connectivity index (χ1n) is 10.2. The van der Waals surface area contributed by atoms with E-state index in [1.807, 2.05) is 6.92 Å². The Labute approximate surface area is 194 Å². The number of anilines is 1. The molecule has 0 unspecified atom stereocenters. The third-order valence-corrected chi connectivity index (χ3v) is 9.11. The average Bonchev–Trinajstić information content (AvgIpc) is 2.78. The monoisotopic (exact) mass is 498 g/mol. The van der Waals surface area contributed by atoms with Gasteiger partial charge < -0.3 is 4.90 Å². The van der Waals surface area contributed by atoms with Crippen LogP contribution in [0.1, 0.15) is 5.56 Å². The third kappa shape index (κ3) is 5.35. The van der Waals surface area contributed by atoms with E-state index in [0.29, 0.717) is 0 Å². The molecule has 0 atom stereocenters. The Morgan fingerprint density at radius 1 is 0.939 bits per heavy atom. The molecule has 1 aliphatic heterocycles. The van der Waals surface area contributed by atoms with Gasteiger partial charge >= 0.3 is 10.2 Å². The molecule has 180 valence electrons. The standard InChI is InChI=1S/C21H27FN4O5S2/c1-17-8-10-18(11-9-17)32(28,29)25-14-12-24(13-15-25)21(27)16-26(33(30,31)23(2)3)20-7-5-4-6-19(20)22/h4-11H,12-16H2,1-3H3. The fourth-order valence-electron chi connectivity index (χ4n) is 3.40. The maximum absolute atomic E-state index is 14.4. The molecule has 1 fully saturated rings. The van der Waals surface area contributed by atoms with Crippen molar-refractivity contribution in [1.82, 2.24) is 13.5 Å². The summed E-state index contributed by atoms with van der Waals surface area (Å²) in [5.41, 5.74) is 0.705. The summed E-state index contributed by atoms with van der Waals surface area (Å²) in [6.45, 7) is 1.59. The van der Waals surface area contributed by atoms with Gasteiger partial charge in [0.05, 0.1) is 10.6 Å². The van der Waals surface area contributed by atoms with Crippen LogP contribution in [0.3, 0.4) is 0 Å². The molecular formula is C21H27FN4O5S2. The second-order valence-corrected chi connectivity index (χ2v) is 11.9. The van der Waals surface area contributed by atoms with Crippen LogP contribution in [0.25, 0.3) is 0 Å². The smallest absolute Gasteiger partial charge is 0.304 e. The van der Waals surface area contributed by atoms with E-state index < -0.39 is 38.5 Å². The van der Waals surface area contributed by atoms with Crippen molar-refractivity contribution in [3.05, 3.63) is 59.9 Å². The molecule has 12 heteroatoms.